The summed E-state index contributed by atoms with van der Waals surface area (Å²) >= 11 is 7.46. The summed E-state index contributed by atoms with van der Waals surface area (Å²) in [5, 5.41) is 10.8. The average molecular weight is 535 g/mol. The van der Waals surface area contributed by atoms with Gasteiger partial charge < -0.3 is 15.1 Å². The van der Waals surface area contributed by atoms with Crippen molar-refractivity contribution in [2.24, 2.45) is 0 Å². The lowest BCUT2D eigenvalue weighted by molar-refractivity contribution is 0.0578. The quantitative estimate of drug-likeness (QED) is 0.390. The Morgan fingerprint density at radius 1 is 1.11 bits per heavy atom. The molecule has 3 heterocycles. The minimum absolute atomic E-state index is 0.0885. The lowest BCUT2D eigenvalue weighted by Gasteiger charge is -2.39. The Balaban J connectivity index is 1.23. The maximum Gasteiger partial charge on any atom is 0.318 e. The highest BCUT2D eigenvalue weighted by molar-refractivity contribution is 7.12. The van der Waals surface area contributed by atoms with Gasteiger partial charge in [0.2, 0.25) is 5.13 Å². The Bertz CT molecular complexity index is 1400. The van der Waals surface area contributed by atoms with E-state index < -0.39 is 0 Å². The van der Waals surface area contributed by atoms with E-state index in [1.54, 1.807) is 20.7 Å². The number of carbonyl (C=O) groups excluding carboxylic acids is 2. The molecule has 2 aromatic heterocycles. The minimum atomic E-state index is -0.118. The lowest BCUT2D eigenvalue weighted by Crippen LogP contribution is -2.57. The van der Waals surface area contributed by atoms with Crippen LogP contribution in [0.5, 0.6) is 0 Å². The Morgan fingerprint density at radius 3 is 2.59 bits per heavy atom. The summed E-state index contributed by atoms with van der Waals surface area (Å²) in [5.41, 5.74) is 4.11. The number of piperazine rings is 1. The van der Waals surface area contributed by atoms with Gasteiger partial charge in [-0.05, 0) is 31.5 Å². The largest absolute Gasteiger partial charge is 0.335 e. The van der Waals surface area contributed by atoms with Crippen LogP contribution < -0.4 is 5.32 Å². The molecule has 0 aliphatic carbocycles. The van der Waals surface area contributed by atoms with Crippen molar-refractivity contribution in [3.8, 4) is 16.4 Å². The molecule has 0 radical (unpaired) electrons. The molecule has 2 aromatic carbocycles. The number of urea groups is 1. The molecule has 8 nitrogen and oxygen atoms in total. The molecule has 10 heteroatoms. The van der Waals surface area contributed by atoms with Gasteiger partial charge in [-0.2, -0.15) is 5.10 Å². The highest BCUT2D eigenvalue weighted by atomic mass is 35.5. The van der Waals surface area contributed by atoms with Gasteiger partial charge in [0.15, 0.2) is 0 Å². The van der Waals surface area contributed by atoms with E-state index in [9.17, 15) is 9.59 Å². The van der Waals surface area contributed by atoms with Gasteiger partial charge in [0, 0.05) is 48.2 Å². The first-order valence-corrected chi connectivity index (χ1v) is 13.3. The normalized spacial score (nSPS) is 15.6. The molecule has 1 fully saturated rings. The topological polar surface area (TPSA) is 83.4 Å². The molecule has 0 saturated carbocycles. The Kier molecular flexibility index (Phi) is 7.25. The number of amides is 3. The summed E-state index contributed by atoms with van der Waals surface area (Å²) in [4.78, 5) is 34.4. The number of nitrogens with one attached hydrogen (secondary N) is 1. The molecular weight excluding hydrogens is 508 g/mol. The monoisotopic (exact) mass is 534 g/mol. The van der Waals surface area contributed by atoms with Gasteiger partial charge in [-0.15, -0.1) is 11.3 Å². The second-order valence-electron chi connectivity index (χ2n) is 9.02. The van der Waals surface area contributed by atoms with Crippen LogP contribution >= 0.6 is 22.9 Å². The minimum Gasteiger partial charge on any atom is -0.335 e. The number of hydrogen-bond acceptors (Lipinski definition) is 5. The number of aromatic nitrogens is 3. The first-order valence-electron chi connectivity index (χ1n) is 12.0. The number of thiazole rings is 1. The first kappa shape index (κ1) is 25.0. The third kappa shape index (κ3) is 5.38. The number of carbonyl (C=O) groups is 2. The van der Waals surface area contributed by atoms with Crippen molar-refractivity contribution in [2.45, 2.75) is 26.4 Å². The van der Waals surface area contributed by atoms with Crippen molar-refractivity contribution in [2.75, 3.05) is 19.6 Å². The van der Waals surface area contributed by atoms with Crippen LogP contribution in [0, 0.1) is 6.92 Å². The molecule has 1 saturated heterocycles. The van der Waals surface area contributed by atoms with Crippen LogP contribution in [0.4, 0.5) is 4.79 Å². The van der Waals surface area contributed by atoms with E-state index in [2.05, 4.69) is 10.4 Å². The van der Waals surface area contributed by atoms with Gasteiger partial charge in [0.25, 0.3) is 5.91 Å². The number of rotatable bonds is 5. The van der Waals surface area contributed by atoms with Crippen LogP contribution in [0.15, 0.2) is 66.2 Å². The van der Waals surface area contributed by atoms with Crippen LogP contribution in [0.3, 0.4) is 0 Å². The fraction of sp³-hybridized carbons (Fsp3) is 0.259. The molecule has 1 aliphatic heterocycles. The van der Waals surface area contributed by atoms with Crippen molar-refractivity contribution in [3.63, 3.8) is 0 Å². The molecule has 0 spiro atoms. The number of hydrogen-bond donors (Lipinski definition) is 1. The summed E-state index contributed by atoms with van der Waals surface area (Å²) < 4.78 is 1.70. The van der Waals surface area contributed by atoms with E-state index >= 15 is 0 Å². The molecule has 190 valence electrons. The summed E-state index contributed by atoms with van der Waals surface area (Å²) in [5.74, 6) is -0.0885. The zero-order chi connectivity index (χ0) is 25.9. The molecule has 1 atom stereocenters. The molecule has 4 aromatic rings. The summed E-state index contributed by atoms with van der Waals surface area (Å²) in [7, 11) is 0. The van der Waals surface area contributed by atoms with Crippen molar-refractivity contribution < 1.29 is 9.59 Å². The third-order valence-electron chi connectivity index (χ3n) is 6.52. The van der Waals surface area contributed by atoms with Gasteiger partial charge in [-0.3, -0.25) is 4.79 Å². The van der Waals surface area contributed by atoms with Crippen molar-refractivity contribution >= 4 is 34.9 Å². The first-order chi connectivity index (χ1) is 17.9. The standard InChI is InChI=1S/C27H27ClN6O2S/c1-18-16-32(12-13-33(18)26(36)29-14-20-6-4-3-5-7-20)25(35)23-15-30-34(19(23)2)27-31-24(17-37-27)21-8-10-22(28)11-9-21/h3-11,15,17-18H,12-14,16H2,1-2H3,(H,29,36). The van der Waals surface area contributed by atoms with Gasteiger partial charge in [-0.1, -0.05) is 54.1 Å². The summed E-state index contributed by atoms with van der Waals surface area (Å²) in [6, 6.07) is 17.1. The second-order valence-corrected chi connectivity index (χ2v) is 10.3. The van der Waals surface area contributed by atoms with E-state index in [1.165, 1.54) is 11.3 Å². The number of halogens is 1. The zero-order valence-corrected chi connectivity index (χ0v) is 22.2. The van der Waals surface area contributed by atoms with Crippen LogP contribution in [0.25, 0.3) is 16.4 Å². The third-order valence-corrected chi connectivity index (χ3v) is 7.58. The van der Waals surface area contributed by atoms with Crippen LogP contribution in [0.1, 0.15) is 28.5 Å². The van der Waals surface area contributed by atoms with Crippen LogP contribution in [0.2, 0.25) is 5.02 Å². The van der Waals surface area contributed by atoms with Crippen molar-refractivity contribution in [1.29, 1.82) is 0 Å². The molecule has 37 heavy (non-hydrogen) atoms. The SMILES string of the molecule is Cc1c(C(=O)N2CCN(C(=O)NCc3ccccc3)C(C)C2)cnn1-c1nc(-c2ccc(Cl)cc2)cs1. The smallest absolute Gasteiger partial charge is 0.318 e. The van der Waals surface area contributed by atoms with E-state index in [4.69, 9.17) is 16.6 Å². The van der Waals surface area contributed by atoms with E-state index in [0.29, 0.717) is 41.9 Å². The Labute approximate surface area is 224 Å². The Hall–Kier alpha value is -3.69. The van der Waals surface area contributed by atoms with Crippen LogP contribution in [-0.2, 0) is 6.54 Å². The number of benzene rings is 2. The molecule has 1 unspecified atom stereocenters. The molecule has 1 N–H and O–H groups in total. The Morgan fingerprint density at radius 2 is 1.86 bits per heavy atom. The maximum absolute atomic E-state index is 13.4. The van der Waals surface area contributed by atoms with Gasteiger partial charge in [0.1, 0.15) is 0 Å². The predicted octanol–water partition coefficient (Wildman–Crippen LogP) is 5.01. The highest BCUT2D eigenvalue weighted by Crippen LogP contribution is 2.27. The van der Waals surface area contributed by atoms with Gasteiger partial charge in [0.05, 0.1) is 23.1 Å². The van der Waals surface area contributed by atoms with E-state index in [1.807, 2.05) is 73.8 Å². The molecule has 3 amide bonds. The van der Waals surface area contributed by atoms with Gasteiger partial charge in [-0.25, -0.2) is 14.5 Å². The number of nitrogens with zero attached hydrogens (tertiary/aromatic N) is 5. The van der Waals surface area contributed by atoms with E-state index in [-0.39, 0.29) is 18.0 Å². The average Bonchev–Trinajstić information content (AvgIpc) is 3.54. The second kappa shape index (κ2) is 10.7. The lowest BCUT2D eigenvalue weighted by atomic mass is 10.1. The molecule has 5 rings (SSSR count). The zero-order valence-electron chi connectivity index (χ0n) is 20.6. The van der Waals surface area contributed by atoms with Crippen molar-refractivity contribution in [1.82, 2.24) is 29.9 Å². The summed E-state index contributed by atoms with van der Waals surface area (Å²) in [6.45, 7) is 5.70. The molecule has 1 aliphatic rings. The molecule has 0 bridgehead atoms. The van der Waals surface area contributed by atoms with Crippen LogP contribution in [-0.4, -0.2) is 62.2 Å². The predicted molar refractivity (Wildman–Crippen MR) is 145 cm³/mol. The van der Waals surface area contributed by atoms with Crippen molar-refractivity contribution in [3.05, 3.63) is 88.0 Å². The fourth-order valence-electron chi connectivity index (χ4n) is 4.42. The summed E-state index contributed by atoms with van der Waals surface area (Å²) in [6.07, 6.45) is 1.60. The maximum atomic E-state index is 13.4. The fourth-order valence-corrected chi connectivity index (χ4v) is 5.38. The van der Waals surface area contributed by atoms with Gasteiger partial charge >= 0.3 is 6.03 Å². The molecular formula is C27H27ClN6O2S. The van der Waals surface area contributed by atoms with E-state index in [0.717, 1.165) is 22.5 Å². The highest BCUT2D eigenvalue weighted by Gasteiger charge is 2.31.